The van der Waals surface area contributed by atoms with Crippen molar-refractivity contribution >= 4 is 5.57 Å². The highest BCUT2D eigenvalue weighted by atomic mass is 14.7. The maximum absolute atomic E-state index is 4.42. The highest BCUT2D eigenvalue weighted by Gasteiger charge is 2.06. The van der Waals surface area contributed by atoms with Crippen LogP contribution in [0.4, 0.5) is 0 Å². The molecular formula is C15H15N. The van der Waals surface area contributed by atoms with Crippen LogP contribution in [0.25, 0.3) is 5.57 Å². The lowest BCUT2D eigenvalue weighted by molar-refractivity contribution is 1.25. The molecule has 0 saturated carbocycles. The van der Waals surface area contributed by atoms with Gasteiger partial charge in [-0.3, -0.25) is 4.98 Å². The normalized spacial score (nSPS) is 9.88. The third kappa shape index (κ3) is 2.19. The first-order valence-electron chi connectivity index (χ1n) is 5.43. The van der Waals surface area contributed by atoms with Crippen molar-refractivity contribution in [3.63, 3.8) is 0 Å². The van der Waals surface area contributed by atoms with Gasteiger partial charge in [0.25, 0.3) is 0 Å². The molecule has 0 unspecified atom stereocenters. The van der Waals surface area contributed by atoms with E-state index in [4.69, 9.17) is 0 Å². The first kappa shape index (κ1) is 10.6. The van der Waals surface area contributed by atoms with Gasteiger partial charge in [-0.2, -0.15) is 0 Å². The summed E-state index contributed by atoms with van der Waals surface area (Å²) in [4.78, 5) is 4.42. The summed E-state index contributed by atoms with van der Waals surface area (Å²) in [5.41, 5.74) is 4.76. The van der Waals surface area contributed by atoms with Crippen LogP contribution in [0.15, 0.2) is 60.3 Å². The van der Waals surface area contributed by atoms with Crippen molar-refractivity contribution in [3.05, 3.63) is 71.6 Å². The molecule has 2 rings (SSSR count). The van der Waals surface area contributed by atoms with Crippen LogP contribution in [-0.4, -0.2) is 4.98 Å². The van der Waals surface area contributed by atoms with Gasteiger partial charge in [-0.1, -0.05) is 42.0 Å². The minimum Gasteiger partial charge on any atom is -0.256 e. The van der Waals surface area contributed by atoms with Gasteiger partial charge in [-0.05, 0) is 31.5 Å². The minimum absolute atomic E-state index is 1.04. The lowest BCUT2D eigenvalue weighted by Crippen LogP contribution is -1.92. The molecule has 1 heterocycles. The van der Waals surface area contributed by atoms with Gasteiger partial charge < -0.3 is 0 Å². The van der Waals surface area contributed by atoms with Crippen LogP contribution in [0.2, 0.25) is 0 Å². The smallest absolute Gasteiger partial charge is 0.0707 e. The Kier molecular flexibility index (Phi) is 3.16. The lowest BCUT2D eigenvalue weighted by Gasteiger charge is -2.09. The zero-order valence-electron chi connectivity index (χ0n) is 9.64. The van der Waals surface area contributed by atoms with E-state index >= 15 is 0 Å². The molecule has 0 N–H and O–H groups in total. The first-order valence-corrected chi connectivity index (χ1v) is 5.43. The number of pyridine rings is 1. The molecule has 2 aromatic rings. The highest BCUT2D eigenvalue weighted by Crippen LogP contribution is 2.24. The molecule has 0 radical (unpaired) electrons. The Bertz CT molecular complexity index is 438. The summed E-state index contributed by atoms with van der Waals surface area (Å²) in [5, 5.41) is 0. The van der Waals surface area contributed by atoms with Gasteiger partial charge >= 0.3 is 0 Å². The average molecular weight is 209 g/mol. The van der Waals surface area contributed by atoms with Gasteiger partial charge in [0.1, 0.15) is 0 Å². The number of hydrogen-bond acceptors (Lipinski definition) is 1. The monoisotopic (exact) mass is 209 g/mol. The molecule has 0 amide bonds. The molecule has 0 bridgehead atoms. The van der Waals surface area contributed by atoms with Crippen LogP contribution in [0.1, 0.15) is 25.1 Å². The van der Waals surface area contributed by atoms with Crippen LogP contribution in [0, 0.1) is 0 Å². The van der Waals surface area contributed by atoms with Crippen molar-refractivity contribution in [2.45, 2.75) is 13.8 Å². The summed E-state index contributed by atoms with van der Waals surface area (Å²) < 4.78 is 0. The Morgan fingerprint density at radius 3 is 2.12 bits per heavy atom. The summed E-state index contributed by atoms with van der Waals surface area (Å²) in [5.74, 6) is 0. The Labute approximate surface area is 96.5 Å². The second-order valence-electron chi connectivity index (χ2n) is 3.96. The standard InChI is InChI=1S/C15H15N/c1-12(2)15(13-8-4-3-5-9-13)14-10-6-7-11-16-14/h3-11H,1-2H3. The van der Waals surface area contributed by atoms with Gasteiger partial charge in [-0.15, -0.1) is 0 Å². The molecule has 0 saturated heterocycles. The van der Waals surface area contributed by atoms with E-state index in [1.54, 1.807) is 0 Å². The highest BCUT2D eigenvalue weighted by molar-refractivity contribution is 5.79. The van der Waals surface area contributed by atoms with Crippen LogP contribution in [0.3, 0.4) is 0 Å². The predicted octanol–water partition coefficient (Wildman–Crippen LogP) is 3.92. The van der Waals surface area contributed by atoms with Gasteiger partial charge in [0, 0.05) is 11.8 Å². The maximum Gasteiger partial charge on any atom is 0.0707 e. The van der Waals surface area contributed by atoms with E-state index in [1.807, 2.05) is 24.4 Å². The fraction of sp³-hybridized carbons (Fsp3) is 0.133. The summed E-state index contributed by atoms with van der Waals surface area (Å²) in [6.45, 7) is 4.24. The van der Waals surface area contributed by atoms with Crippen molar-refractivity contribution in [2.75, 3.05) is 0 Å². The second kappa shape index (κ2) is 4.75. The van der Waals surface area contributed by atoms with Gasteiger partial charge in [0.15, 0.2) is 0 Å². The number of hydrogen-bond donors (Lipinski definition) is 0. The van der Waals surface area contributed by atoms with Crippen LogP contribution >= 0.6 is 0 Å². The molecule has 0 atom stereocenters. The zero-order chi connectivity index (χ0) is 11.4. The van der Waals surface area contributed by atoms with Crippen LogP contribution in [-0.2, 0) is 0 Å². The molecule has 80 valence electrons. The quantitative estimate of drug-likeness (QED) is 0.730. The molecule has 1 aromatic carbocycles. The summed E-state index contributed by atoms with van der Waals surface area (Å²) >= 11 is 0. The zero-order valence-corrected chi connectivity index (χ0v) is 9.64. The fourth-order valence-electron chi connectivity index (χ4n) is 1.81. The van der Waals surface area contributed by atoms with Crippen molar-refractivity contribution < 1.29 is 0 Å². The van der Waals surface area contributed by atoms with E-state index in [0.717, 1.165) is 5.69 Å². The van der Waals surface area contributed by atoms with E-state index in [1.165, 1.54) is 16.7 Å². The first-order chi connectivity index (χ1) is 7.79. The summed E-state index contributed by atoms with van der Waals surface area (Å²) in [7, 11) is 0. The minimum atomic E-state index is 1.04. The fourth-order valence-corrected chi connectivity index (χ4v) is 1.81. The maximum atomic E-state index is 4.42. The van der Waals surface area contributed by atoms with E-state index in [9.17, 15) is 0 Å². The van der Waals surface area contributed by atoms with Crippen LogP contribution < -0.4 is 0 Å². The number of allylic oxidation sites excluding steroid dienone is 1. The number of benzene rings is 1. The molecular weight excluding hydrogens is 194 g/mol. The molecule has 0 spiro atoms. The van der Waals surface area contributed by atoms with E-state index in [-0.39, 0.29) is 0 Å². The lowest BCUT2D eigenvalue weighted by atomic mass is 9.98. The molecule has 0 fully saturated rings. The van der Waals surface area contributed by atoms with E-state index < -0.39 is 0 Å². The van der Waals surface area contributed by atoms with Crippen molar-refractivity contribution in [1.82, 2.24) is 4.98 Å². The summed E-state index contributed by atoms with van der Waals surface area (Å²) in [6, 6.07) is 16.4. The molecule has 0 aliphatic carbocycles. The number of nitrogens with zero attached hydrogens (tertiary/aromatic N) is 1. The Morgan fingerprint density at radius 1 is 0.875 bits per heavy atom. The van der Waals surface area contributed by atoms with Crippen molar-refractivity contribution in [2.24, 2.45) is 0 Å². The topological polar surface area (TPSA) is 12.9 Å². The van der Waals surface area contributed by atoms with Crippen molar-refractivity contribution in [1.29, 1.82) is 0 Å². The predicted molar refractivity (Wildman–Crippen MR) is 68.0 cm³/mol. The van der Waals surface area contributed by atoms with E-state index in [2.05, 4.69) is 49.2 Å². The Hall–Kier alpha value is -1.89. The van der Waals surface area contributed by atoms with Gasteiger partial charge in [0.05, 0.1) is 5.69 Å². The SMILES string of the molecule is CC(C)=C(c1ccccc1)c1ccccn1. The molecule has 1 nitrogen and oxygen atoms in total. The van der Waals surface area contributed by atoms with Gasteiger partial charge in [-0.25, -0.2) is 0 Å². The van der Waals surface area contributed by atoms with Crippen molar-refractivity contribution in [3.8, 4) is 0 Å². The molecule has 1 heteroatoms. The molecule has 0 aliphatic rings. The van der Waals surface area contributed by atoms with Crippen LogP contribution in [0.5, 0.6) is 0 Å². The molecule has 0 aliphatic heterocycles. The van der Waals surface area contributed by atoms with E-state index in [0.29, 0.717) is 0 Å². The Morgan fingerprint density at radius 2 is 1.56 bits per heavy atom. The summed E-state index contributed by atoms with van der Waals surface area (Å²) in [6.07, 6.45) is 1.83. The Balaban J connectivity index is 2.54. The number of rotatable bonds is 2. The molecule has 16 heavy (non-hydrogen) atoms. The molecule has 1 aromatic heterocycles. The average Bonchev–Trinajstić information content (AvgIpc) is 2.31. The number of aromatic nitrogens is 1. The third-order valence-electron chi connectivity index (χ3n) is 2.48. The largest absolute Gasteiger partial charge is 0.256 e. The second-order valence-corrected chi connectivity index (χ2v) is 3.96. The van der Waals surface area contributed by atoms with Gasteiger partial charge in [0.2, 0.25) is 0 Å². The third-order valence-corrected chi connectivity index (χ3v) is 2.48.